The van der Waals surface area contributed by atoms with Crippen LogP contribution in [0, 0.1) is 5.92 Å². The highest BCUT2D eigenvalue weighted by molar-refractivity contribution is 6.05. The number of aromatic nitrogens is 6. The Morgan fingerprint density at radius 2 is 2.07 bits per heavy atom. The number of piperidine rings is 1. The normalized spacial score (nSPS) is 18.0. The van der Waals surface area contributed by atoms with Crippen LogP contribution in [0.3, 0.4) is 0 Å². The van der Waals surface area contributed by atoms with E-state index in [2.05, 4.69) is 25.6 Å². The Hall–Kier alpha value is -4.79. The van der Waals surface area contributed by atoms with E-state index < -0.39 is 5.60 Å². The molecule has 0 atom stereocenters. The van der Waals surface area contributed by atoms with Crippen molar-refractivity contribution in [3.63, 3.8) is 0 Å². The summed E-state index contributed by atoms with van der Waals surface area (Å²) in [7, 11) is 1.61. The van der Waals surface area contributed by atoms with Gasteiger partial charge in [-0.3, -0.25) is 9.78 Å². The third kappa shape index (κ3) is 4.98. The fraction of sp³-hybridized carbons (Fsp3) is 0.406. The van der Waals surface area contributed by atoms with E-state index in [1.54, 1.807) is 34.9 Å². The first-order valence-electron chi connectivity index (χ1n) is 15.6. The molecule has 0 unspecified atom stereocenters. The van der Waals surface area contributed by atoms with Gasteiger partial charge in [0.05, 0.1) is 54.4 Å². The Labute approximate surface area is 264 Å². The first kappa shape index (κ1) is 28.7. The number of hydrogen-bond donors (Lipinski definition) is 3. The molecule has 14 nitrogen and oxygen atoms in total. The highest BCUT2D eigenvalue weighted by atomic mass is 16.5. The Morgan fingerprint density at radius 1 is 1.20 bits per heavy atom. The highest BCUT2D eigenvalue weighted by Gasteiger charge is 2.44. The van der Waals surface area contributed by atoms with E-state index in [0.29, 0.717) is 78.9 Å². The fourth-order valence-corrected chi connectivity index (χ4v) is 6.65. The van der Waals surface area contributed by atoms with Crippen molar-refractivity contribution >= 4 is 28.1 Å². The number of methoxy groups -OCH3 is 1. The van der Waals surface area contributed by atoms with Crippen LogP contribution in [0.2, 0.25) is 0 Å². The van der Waals surface area contributed by atoms with Gasteiger partial charge in [0.15, 0.2) is 11.3 Å². The number of likely N-dealkylation sites (tertiary alicyclic amines) is 1. The third-order valence-electron chi connectivity index (χ3n) is 9.29. The quantitative estimate of drug-likeness (QED) is 0.233. The van der Waals surface area contributed by atoms with Crippen molar-refractivity contribution in [2.75, 3.05) is 65.0 Å². The van der Waals surface area contributed by atoms with Crippen molar-refractivity contribution in [3.05, 3.63) is 54.7 Å². The number of nitrogens with one attached hydrogen (secondary N) is 2. The second-order valence-electron chi connectivity index (χ2n) is 12.1. The predicted octanol–water partition coefficient (Wildman–Crippen LogP) is 2.15. The molecule has 0 aliphatic carbocycles. The van der Waals surface area contributed by atoms with Gasteiger partial charge in [-0.2, -0.15) is 10.2 Å². The van der Waals surface area contributed by atoms with Crippen molar-refractivity contribution in [2.24, 2.45) is 5.92 Å². The first-order chi connectivity index (χ1) is 22.5. The summed E-state index contributed by atoms with van der Waals surface area (Å²) in [5.74, 6) is 1.23. The number of aliphatic hydroxyl groups is 1. The number of amides is 1. The minimum absolute atomic E-state index is 0.261. The number of rotatable bonds is 8. The van der Waals surface area contributed by atoms with Crippen molar-refractivity contribution in [1.82, 2.24) is 39.6 Å². The Bertz CT molecular complexity index is 1930. The topological polar surface area (TPSA) is 153 Å². The van der Waals surface area contributed by atoms with Crippen molar-refractivity contribution in [2.45, 2.75) is 18.4 Å². The average molecular weight is 626 g/mol. The molecular formula is C32H35N9O5. The van der Waals surface area contributed by atoms with Gasteiger partial charge in [-0.05, 0) is 44.0 Å². The molecule has 1 amide bonds. The number of pyridine rings is 1. The second-order valence-corrected chi connectivity index (χ2v) is 12.1. The van der Waals surface area contributed by atoms with E-state index in [0.717, 1.165) is 37.2 Å². The fourth-order valence-electron chi connectivity index (χ4n) is 6.65. The van der Waals surface area contributed by atoms with Gasteiger partial charge < -0.3 is 34.9 Å². The molecule has 5 aromatic rings. The van der Waals surface area contributed by atoms with E-state index in [4.69, 9.17) is 24.3 Å². The van der Waals surface area contributed by atoms with Gasteiger partial charge in [0.25, 0.3) is 5.91 Å². The molecule has 0 saturated carbocycles. The number of fused-ring (bicyclic) bond motifs is 3. The molecule has 14 heteroatoms. The summed E-state index contributed by atoms with van der Waals surface area (Å²) in [5, 5.41) is 26.9. The number of nitrogens with zero attached hydrogens (tertiary/aromatic N) is 7. The molecule has 8 rings (SSSR count). The van der Waals surface area contributed by atoms with Crippen molar-refractivity contribution in [3.8, 4) is 28.4 Å². The average Bonchev–Trinajstić information content (AvgIpc) is 3.69. The zero-order valence-corrected chi connectivity index (χ0v) is 25.5. The molecule has 7 heterocycles. The number of hydrogen-bond acceptors (Lipinski definition) is 11. The van der Waals surface area contributed by atoms with Gasteiger partial charge in [-0.1, -0.05) is 0 Å². The van der Waals surface area contributed by atoms with Crippen LogP contribution in [-0.4, -0.2) is 111 Å². The van der Waals surface area contributed by atoms with Crippen LogP contribution < -0.4 is 20.1 Å². The summed E-state index contributed by atoms with van der Waals surface area (Å²) in [4.78, 5) is 25.2. The molecule has 1 aromatic carbocycles. The Morgan fingerprint density at radius 3 is 2.87 bits per heavy atom. The van der Waals surface area contributed by atoms with Gasteiger partial charge in [0, 0.05) is 50.4 Å². The van der Waals surface area contributed by atoms with Gasteiger partial charge in [-0.15, -0.1) is 0 Å². The molecule has 3 aliphatic heterocycles. The maximum Gasteiger partial charge on any atom is 0.272 e. The summed E-state index contributed by atoms with van der Waals surface area (Å²) < 4.78 is 20.4. The first-order valence-corrected chi connectivity index (χ1v) is 15.6. The maximum absolute atomic E-state index is 13.7. The zero-order chi connectivity index (χ0) is 31.3. The van der Waals surface area contributed by atoms with Gasteiger partial charge >= 0.3 is 0 Å². The van der Waals surface area contributed by atoms with Gasteiger partial charge in [0.1, 0.15) is 29.4 Å². The third-order valence-corrected chi connectivity index (χ3v) is 9.29. The number of anilines is 1. The summed E-state index contributed by atoms with van der Waals surface area (Å²) in [5.41, 5.74) is 3.80. The maximum atomic E-state index is 13.7. The second kappa shape index (κ2) is 11.5. The van der Waals surface area contributed by atoms with E-state index >= 15 is 0 Å². The molecule has 238 valence electrons. The Kier molecular flexibility index (Phi) is 7.19. The van der Waals surface area contributed by atoms with E-state index in [1.807, 2.05) is 30.5 Å². The minimum atomic E-state index is -0.667. The monoisotopic (exact) mass is 625 g/mol. The molecule has 4 aromatic heterocycles. The standard InChI is InChI=1S/C32H35N9O5/c1-44-28-14-24-27(46-12-7-33-24)15-26(28)41-25-13-23(21-17-37-40-8-2-5-34-30(21)40)36-16-22(25)29(38-41)31(42)35-6-11-39-9-3-20(4-10-39)32(43)18-45-19-32/h2,5,8,13-17,20,33,43H,3-4,6-7,9-12,18-19H2,1H3,(H,35,42). The summed E-state index contributed by atoms with van der Waals surface area (Å²) in [6.07, 6.45) is 8.79. The molecule has 3 N–H and O–H groups in total. The van der Waals surface area contributed by atoms with Crippen molar-refractivity contribution < 1.29 is 24.1 Å². The Balaban J connectivity index is 1.10. The summed E-state index contributed by atoms with van der Waals surface area (Å²) in [6.45, 7) is 5.02. The largest absolute Gasteiger partial charge is 0.494 e. The summed E-state index contributed by atoms with van der Waals surface area (Å²) >= 11 is 0. The van der Waals surface area contributed by atoms with Crippen LogP contribution in [0.15, 0.2) is 49.1 Å². The molecule has 2 saturated heterocycles. The molecular weight excluding hydrogens is 590 g/mol. The molecule has 0 radical (unpaired) electrons. The van der Waals surface area contributed by atoms with Crippen LogP contribution in [0.25, 0.3) is 33.5 Å². The molecule has 46 heavy (non-hydrogen) atoms. The van der Waals surface area contributed by atoms with Gasteiger partial charge in [-0.25, -0.2) is 14.2 Å². The molecule has 2 fully saturated rings. The zero-order valence-electron chi connectivity index (χ0n) is 25.5. The number of benzene rings is 1. The van der Waals surface area contributed by atoms with Crippen molar-refractivity contribution in [1.29, 1.82) is 0 Å². The van der Waals surface area contributed by atoms with E-state index in [9.17, 15) is 9.90 Å². The lowest BCUT2D eigenvalue weighted by molar-refractivity contribution is -0.213. The van der Waals surface area contributed by atoms with E-state index in [1.165, 1.54) is 0 Å². The lowest BCUT2D eigenvalue weighted by atomic mass is 9.79. The lowest BCUT2D eigenvalue weighted by Crippen LogP contribution is -2.57. The van der Waals surface area contributed by atoms with Crippen LogP contribution in [0.1, 0.15) is 23.3 Å². The van der Waals surface area contributed by atoms with Crippen LogP contribution in [-0.2, 0) is 4.74 Å². The van der Waals surface area contributed by atoms with Crippen LogP contribution in [0.4, 0.5) is 5.69 Å². The van der Waals surface area contributed by atoms with Gasteiger partial charge in [0.2, 0.25) is 0 Å². The smallest absolute Gasteiger partial charge is 0.272 e. The number of carbonyl (C=O) groups is 1. The molecule has 0 spiro atoms. The highest BCUT2D eigenvalue weighted by Crippen LogP contribution is 2.39. The number of carbonyl (C=O) groups excluding carboxylic acids is 1. The van der Waals surface area contributed by atoms with Crippen LogP contribution >= 0.6 is 0 Å². The molecule has 0 bridgehead atoms. The predicted molar refractivity (Wildman–Crippen MR) is 169 cm³/mol. The number of ether oxygens (including phenoxy) is 3. The minimum Gasteiger partial charge on any atom is -0.494 e. The summed E-state index contributed by atoms with van der Waals surface area (Å²) in [6, 6.07) is 7.47. The van der Waals surface area contributed by atoms with Crippen LogP contribution in [0.5, 0.6) is 11.5 Å². The lowest BCUT2D eigenvalue weighted by Gasteiger charge is -2.46. The van der Waals surface area contributed by atoms with E-state index in [-0.39, 0.29) is 17.5 Å². The SMILES string of the molecule is COc1cc2c(cc1-n1nc(C(=O)NCCN3CCC(C4(O)COC4)CC3)c3cnc(-c4cnn5cccnc45)cc31)OCCN2. The molecule has 3 aliphatic rings.